The number of hydrogen-bond donors (Lipinski definition) is 3. The van der Waals surface area contributed by atoms with Crippen LogP contribution < -0.4 is 20.7 Å². The summed E-state index contributed by atoms with van der Waals surface area (Å²) < 4.78 is 46.2. The van der Waals surface area contributed by atoms with Crippen LogP contribution in [0.2, 0.25) is 0 Å². The predicted octanol–water partition coefficient (Wildman–Crippen LogP) is 2.72. The van der Waals surface area contributed by atoms with Crippen molar-refractivity contribution in [2.24, 2.45) is 5.73 Å². The van der Waals surface area contributed by atoms with Crippen molar-refractivity contribution < 1.29 is 27.5 Å². The number of hydrogen-bond acceptors (Lipinski definition) is 5. The second kappa shape index (κ2) is 10.4. The molecule has 0 unspecified atom stereocenters. The summed E-state index contributed by atoms with van der Waals surface area (Å²) >= 11 is 0. The lowest BCUT2D eigenvalue weighted by Gasteiger charge is -2.37. The Morgan fingerprint density at radius 2 is 1.73 bits per heavy atom. The lowest BCUT2D eigenvalue weighted by molar-refractivity contribution is -0.137. The number of nitrogens with one attached hydrogen (secondary N) is 2. The maximum atomic E-state index is 13.7. The highest BCUT2D eigenvalue weighted by atomic mass is 35.5. The molecule has 1 heterocycles. The summed E-state index contributed by atoms with van der Waals surface area (Å²) in [7, 11) is 1.50. The van der Waals surface area contributed by atoms with Gasteiger partial charge in [0.2, 0.25) is 0 Å². The first-order chi connectivity index (χ1) is 15.1. The van der Waals surface area contributed by atoms with Crippen LogP contribution >= 0.6 is 12.4 Å². The van der Waals surface area contributed by atoms with E-state index < -0.39 is 23.6 Å². The molecule has 0 spiro atoms. The topological polar surface area (TPSA) is 112 Å². The van der Waals surface area contributed by atoms with Crippen LogP contribution in [-0.2, 0) is 6.18 Å². The molecule has 3 rings (SSSR count). The Hall–Kier alpha value is -3.47. The van der Waals surface area contributed by atoms with E-state index in [2.05, 4.69) is 0 Å². The number of halogens is 4. The molecule has 0 saturated carbocycles. The summed E-state index contributed by atoms with van der Waals surface area (Å²) in [5.41, 5.74) is 4.21. The van der Waals surface area contributed by atoms with Gasteiger partial charge >= 0.3 is 6.18 Å². The molecule has 2 aromatic rings. The van der Waals surface area contributed by atoms with Gasteiger partial charge in [0.25, 0.3) is 11.8 Å². The zero-order valence-electron chi connectivity index (χ0n) is 17.6. The summed E-state index contributed by atoms with van der Waals surface area (Å²) in [5, 5.41) is 9.03. The zero-order valence-corrected chi connectivity index (χ0v) is 18.4. The summed E-state index contributed by atoms with van der Waals surface area (Å²) in [6.45, 7) is 0.857. The molecule has 12 heteroatoms. The number of piperazine rings is 1. The molecule has 0 atom stereocenters. The highest BCUT2D eigenvalue weighted by Crippen LogP contribution is 2.37. The van der Waals surface area contributed by atoms with Gasteiger partial charge in [-0.3, -0.25) is 20.3 Å². The molecule has 4 N–H and O–H groups in total. The van der Waals surface area contributed by atoms with E-state index in [9.17, 15) is 22.8 Å². The first kappa shape index (κ1) is 25.8. The standard InChI is InChI=1S/C21H22F3N5O3.ClH/c1-32-15-4-2-3-14(11-15)19(31)29-9-7-28(8-10-29)17-6-5-13(18(30)27-20(25)26)12-16(17)21(22,23)24;/h2-6,11-12H,7-10H2,1H3,(H4,25,26,27,30);1H. The lowest BCUT2D eigenvalue weighted by Crippen LogP contribution is -2.49. The van der Waals surface area contributed by atoms with Crippen LogP contribution in [0.5, 0.6) is 5.75 Å². The van der Waals surface area contributed by atoms with Crippen molar-refractivity contribution in [2.45, 2.75) is 6.18 Å². The summed E-state index contributed by atoms with van der Waals surface area (Å²) in [6.07, 6.45) is -4.70. The molecule has 0 aliphatic carbocycles. The van der Waals surface area contributed by atoms with Crippen molar-refractivity contribution in [1.82, 2.24) is 10.2 Å². The molecular formula is C21H23ClF3N5O3. The van der Waals surface area contributed by atoms with Crippen LogP contribution in [-0.4, -0.2) is 56.0 Å². The molecule has 0 aromatic heterocycles. The number of benzene rings is 2. The van der Waals surface area contributed by atoms with Crippen LogP contribution in [0.15, 0.2) is 42.5 Å². The van der Waals surface area contributed by atoms with Crippen LogP contribution in [0, 0.1) is 5.41 Å². The summed E-state index contributed by atoms with van der Waals surface area (Å²) in [5.74, 6) is -1.25. The molecular weight excluding hydrogens is 463 g/mol. The van der Waals surface area contributed by atoms with Gasteiger partial charge in [-0.1, -0.05) is 6.07 Å². The smallest absolute Gasteiger partial charge is 0.418 e. The molecule has 1 aliphatic rings. The van der Waals surface area contributed by atoms with E-state index in [0.29, 0.717) is 11.3 Å². The van der Waals surface area contributed by atoms with E-state index in [1.165, 1.54) is 24.1 Å². The number of ether oxygens (including phenoxy) is 1. The monoisotopic (exact) mass is 485 g/mol. The van der Waals surface area contributed by atoms with E-state index in [-0.39, 0.29) is 55.7 Å². The molecule has 2 amide bonds. The number of anilines is 1. The molecule has 0 bridgehead atoms. The van der Waals surface area contributed by atoms with Crippen LogP contribution in [0.25, 0.3) is 0 Å². The third-order valence-corrected chi connectivity index (χ3v) is 5.04. The minimum absolute atomic E-state index is 0. The fourth-order valence-corrected chi connectivity index (χ4v) is 3.46. The number of rotatable bonds is 4. The molecule has 1 aliphatic heterocycles. The Kier molecular flexibility index (Phi) is 8.15. The van der Waals surface area contributed by atoms with Gasteiger partial charge < -0.3 is 20.3 Å². The number of methoxy groups -OCH3 is 1. The third kappa shape index (κ3) is 6.07. The number of carbonyl (C=O) groups excluding carboxylic acids is 2. The number of alkyl halides is 3. The van der Waals surface area contributed by atoms with Gasteiger partial charge in [-0.2, -0.15) is 13.2 Å². The predicted molar refractivity (Wildman–Crippen MR) is 119 cm³/mol. The van der Waals surface area contributed by atoms with Crippen LogP contribution in [0.3, 0.4) is 0 Å². The molecule has 1 saturated heterocycles. The Morgan fingerprint density at radius 1 is 1.06 bits per heavy atom. The molecule has 2 aromatic carbocycles. The van der Waals surface area contributed by atoms with Crippen LogP contribution in [0.1, 0.15) is 26.3 Å². The first-order valence-corrected chi connectivity index (χ1v) is 9.65. The molecule has 1 fully saturated rings. The van der Waals surface area contributed by atoms with E-state index in [1.54, 1.807) is 29.2 Å². The maximum Gasteiger partial charge on any atom is 0.418 e. The molecule has 178 valence electrons. The number of nitrogens with zero attached hydrogens (tertiary/aromatic N) is 2. The minimum Gasteiger partial charge on any atom is -0.497 e. The fourth-order valence-electron chi connectivity index (χ4n) is 3.46. The number of guanidine groups is 1. The summed E-state index contributed by atoms with van der Waals surface area (Å²) in [4.78, 5) is 27.8. The molecule has 33 heavy (non-hydrogen) atoms. The van der Waals surface area contributed by atoms with Gasteiger partial charge in [-0.05, 0) is 36.4 Å². The van der Waals surface area contributed by atoms with Gasteiger partial charge in [0.1, 0.15) is 5.75 Å². The van der Waals surface area contributed by atoms with Crippen molar-refractivity contribution >= 4 is 35.9 Å². The normalized spacial score (nSPS) is 13.7. The summed E-state index contributed by atoms with van der Waals surface area (Å²) in [6, 6.07) is 9.88. The quantitative estimate of drug-likeness (QED) is 0.455. The number of carbonyl (C=O) groups is 2. The largest absolute Gasteiger partial charge is 0.497 e. The van der Waals surface area contributed by atoms with Crippen LogP contribution in [0.4, 0.5) is 18.9 Å². The highest BCUT2D eigenvalue weighted by molar-refractivity contribution is 6.04. The van der Waals surface area contributed by atoms with Gasteiger partial charge in [-0.15, -0.1) is 12.4 Å². The van der Waals surface area contributed by atoms with Gasteiger partial charge in [0.05, 0.1) is 12.7 Å². The third-order valence-electron chi connectivity index (χ3n) is 5.04. The Morgan fingerprint density at radius 3 is 2.30 bits per heavy atom. The Labute approximate surface area is 194 Å². The van der Waals surface area contributed by atoms with Crippen molar-refractivity contribution in [1.29, 1.82) is 5.41 Å². The van der Waals surface area contributed by atoms with Crippen molar-refractivity contribution in [3.63, 3.8) is 0 Å². The van der Waals surface area contributed by atoms with E-state index in [4.69, 9.17) is 15.9 Å². The Balaban J connectivity index is 0.00000385. The SMILES string of the molecule is COc1cccc(C(=O)N2CCN(c3ccc(C(=O)NC(=N)N)cc3C(F)(F)F)CC2)c1.Cl. The lowest BCUT2D eigenvalue weighted by atomic mass is 10.1. The average molecular weight is 486 g/mol. The maximum absolute atomic E-state index is 13.7. The molecule has 0 radical (unpaired) electrons. The second-order valence-corrected chi connectivity index (χ2v) is 7.11. The minimum atomic E-state index is -4.70. The fraction of sp³-hybridized carbons (Fsp3) is 0.286. The van der Waals surface area contributed by atoms with E-state index in [1.807, 2.05) is 5.32 Å². The first-order valence-electron chi connectivity index (χ1n) is 9.65. The average Bonchev–Trinajstić information content (AvgIpc) is 2.77. The van der Waals surface area contributed by atoms with E-state index in [0.717, 1.165) is 6.07 Å². The second-order valence-electron chi connectivity index (χ2n) is 7.11. The number of amides is 2. The van der Waals surface area contributed by atoms with E-state index >= 15 is 0 Å². The number of nitrogens with two attached hydrogens (primary N) is 1. The molecule has 8 nitrogen and oxygen atoms in total. The van der Waals surface area contributed by atoms with Gasteiger partial charge in [-0.25, -0.2) is 0 Å². The van der Waals surface area contributed by atoms with Gasteiger partial charge in [0.15, 0.2) is 5.96 Å². The van der Waals surface area contributed by atoms with Crippen molar-refractivity contribution in [3.05, 3.63) is 59.2 Å². The zero-order chi connectivity index (χ0) is 23.5. The van der Waals surface area contributed by atoms with Gasteiger partial charge in [0, 0.05) is 43.0 Å². The Bertz CT molecular complexity index is 1040. The van der Waals surface area contributed by atoms with Crippen molar-refractivity contribution in [3.8, 4) is 5.75 Å². The van der Waals surface area contributed by atoms with Crippen molar-refractivity contribution in [2.75, 3.05) is 38.2 Å². The highest BCUT2D eigenvalue weighted by Gasteiger charge is 2.36.